The molecule has 0 aromatic carbocycles. The predicted octanol–water partition coefficient (Wildman–Crippen LogP) is -0.330. The molecule has 1 heterocycles. The quantitative estimate of drug-likeness (QED) is 0.640. The molecule has 1 saturated heterocycles. The van der Waals surface area contributed by atoms with Gasteiger partial charge in [-0.1, -0.05) is 0 Å². The molecule has 1 amide bonds. The van der Waals surface area contributed by atoms with Gasteiger partial charge in [0.1, 0.15) is 0 Å². The van der Waals surface area contributed by atoms with Crippen LogP contribution >= 0.6 is 0 Å². The molecule has 0 spiro atoms. The van der Waals surface area contributed by atoms with Crippen molar-refractivity contribution in [3.63, 3.8) is 0 Å². The fourth-order valence-electron chi connectivity index (χ4n) is 1.73. The summed E-state index contributed by atoms with van der Waals surface area (Å²) in [5, 5.41) is 11.8. The lowest BCUT2D eigenvalue weighted by Gasteiger charge is -2.38. The third-order valence-electron chi connectivity index (χ3n) is 2.43. The standard InChI is InChI=1S/C9H16N2O3/c1-6-5-11(7(2)12)8(4-10-6)3-9(13)14/h6,8,10H,3-5H2,1-2H3,(H,13,14)/t6-,8+/m1/s1. The van der Waals surface area contributed by atoms with Crippen LogP contribution in [0.3, 0.4) is 0 Å². The van der Waals surface area contributed by atoms with E-state index >= 15 is 0 Å². The Kier molecular flexibility index (Phi) is 3.46. The normalized spacial score (nSPS) is 27.4. The smallest absolute Gasteiger partial charge is 0.305 e. The molecule has 14 heavy (non-hydrogen) atoms. The molecule has 0 aliphatic carbocycles. The topological polar surface area (TPSA) is 69.6 Å². The fraction of sp³-hybridized carbons (Fsp3) is 0.778. The monoisotopic (exact) mass is 200 g/mol. The number of hydrogen-bond donors (Lipinski definition) is 2. The Morgan fingerprint density at radius 1 is 1.57 bits per heavy atom. The summed E-state index contributed by atoms with van der Waals surface area (Å²) in [6.45, 7) is 4.61. The van der Waals surface area contributed by atoms with Gasteiger partial charge in [-0.3, -0.25) is 9.59 Å². The summed E-state index contributed by atoms with van der Waals surface area (Å²) >= 11 is 0. The molecule has 1 aliphatic heterocycles. The highest BCUT2D eigenvalue weighted by Crippen LogP contribution is 2.10. The lowest BCUT2D eigenvalue weighted by atomic mass is 10.1. The SMILES string of the molecule is CC(=O)N1C[C@@H](C)NC[C@@H]1CC(=O)O. The minimum atomic E-state index is -0.863. The number of carboxylic acid groups (broad SMARTS) is 1. The zero-order chi connectivity index (χ0) is 10.7. The summed E-state index contributed by atoms with van der Waals surface area (Å²) in [6.07, 6.45) is 0.0132. The Bertz CT molecular complexity index is 242. The Balaban J connectivity index is 2.62. The number of aliphatic carboxylic acids is 1. The van der Waals surface area contributed by atoms with Crippen LogP contribution in [0, 0.1) is 0 Å². The van der Waals surface area contributed by atoms with E-state index in [0.29, 0.717) is 13.1 Å². The number of nitrogens with one attached hydrogen (secondary N) is 1. The first-order valence-corrected chi connectivity index (χ1v) is 4.73. The summed E-state index contributed by atoms with van der Waals surface area (Å²) in [7, 11) is 0. The molecule has 0 saturated carbocycles. The van der Waals surface area contributed by atoms with E-state index in [4.69, 9.17) is 5.11 Å². The van der Waals surface area contributed by atoms with Crippen LogP contribution in [-0.4, -0.2) is 47.1 Å². The van der Waals surface area contributed by atoms with Crippen molar-refractivity contribution in [2.45, 2.75) is 32.4 Å². The van der Waals surface area contributed by atoms with E-state index in [9.17, 15) is 9.59 Å². The Labute approximate surface area is 83.1 Å². The lowest BCUT2D eigenvalue weighted by Crippen LogP contribution is -2.57. The number of carboxylic acids is 1. The molecule has 80 valence electrons. The molecular formula is C9H16N2O3. The van der Waals surface area contributed by atoms with Gasteiger partial charge in [0.15, 0.2) is 0 Å². The van der Waals surface area contributed by atoms with Gasteiger partial charge >= 0.3 is 5.97 Å². The van der Waals surface area contributed by atoms with E-state index in [1.54, 1.807) is 4.90 Å². The minimum Gasteiger partial charge on any atom is -0.481 e. The third-order valence-corrected chi connectivity index (χ3v) is 2.43. The van der Waals surface area contributed by atoms with Crippen molar-refractivity contribution in [3.8, 4) is 0 Å². The first kappa shape index (κ1) is 11.0. The van der Waals surface area contributed by atoms with Crippen molar-refractivity contribution < 1.29 is 14.7 Å². The average Bonchev–Trinajstić information content (AvgIpc) is 2.07. The van der Waals surface area contributed by atoms with Crippen molar-refractivity contribution >= 4 is 11.9 Å². The number of amides is 1. The average molecular weight is 200 g/mol. The molecule has 0 radical (unpaired) electrons. The zero-order valence-corrected chi connectivity index (χ0v) is 8.49. The lowest BCUT2D eigenvalue weighted by molar-refractivity contribution is -0.141. The number of hydrogen-bond acceptors (Lipinski definition) is 3. The molecule has 5 heteroatoms. The van der Waals surface area contributed by atoms with Crippen molar-refractivity contribution in [1.29, 1.82) is 0 Å². The maximum atomic E-state index is 11.2. The van der Waals surface area contributed by atoms with Crippen LogP contribution < -0.4 is 5.32 Å². The number of nitrogens with zero attached hydrogens (tertiary/aromatic N) is 1. The second-order valence-corrected chi connectivity index (χ2v) is 3.73. The minimum absolute atomic E-state index is 0.0132. The highest BCUT2D eigenvalue weighted by atomic mass is 16.4. The van der Waals surface area contributed by atoms with Crippen LogP contribution in [-0.2, 0) is 9.59 Å². The van der Waals surface area contributed by atoms with Gasteiger partial charge in [0.2, 0.25) is 5.91 Å². The Hall–Kier alpha value is -1.10. The first-order valence-electron chi connectivity index (χ1n) is 4.73. The summed E-state index contributed by atoms with van der Waals surface area (Å²) < 4.78 is 0. The van der Waals surface area contributed by atoms with Crippen molar-refractivity contribution in [3.05, 3.63) is 0 Å². The number of carbonyl (C=O) groups is 2. The summed E-state index contributed by atoms with van der Waals surface area (Å²) in [5.74, 6) is -0.915. The van der Waals surface area contributed by atoms with E-state index in [1.807, 2.05) is 6.92 Å². The molecule has 1 fully saturated rings. The molecule has 2 N–H and O–H groups in total. The van der Waals surface area contributed by atoms with E-state index < -0.39 is 5.97 Å². The van der Waals surface area contributed by atoms with Gasteiger partial charge in [-0.25, -0.2) is 0 Å². The van der Waals surface area contributed by atoms with Crippen LogP contribution in [0.5, 0.6) is 0 Å². The maximum Gasteiger partial charge on any atom is 0.305 e. The Morgan fingerprint density at radius 2 is 2.21 bits per heavy atom. The largest absolute Gasteiger partial charge is 0.481 e. The van der Waals surface area contributed by atoms with Crippen LogP contribution in [0.2, 0.25) is 0 Å². The van der Waals surface area contributed by atoms with E-state index in [2.05, 4.69) is 5.32 Å². The molecule has 0 unspecified atom stereocenters. The molecular weight excluding hydrogens is 184 g/mol. The molecule has 0 aromatic rings. The summed E-state index contributed by atoms with van der Waals surface area (Å²) in [5.41, 5.74) is 0. The first-order chi connectivity index (χ1) is 6.50. The van der Waals surface area contributed by atoms with Crippen molar-refractivity contribution in [1.82, 2.24) is 10.2 Å². The van der Waals surface area contributed by atoms with Gasteiger partial charge in [0.25, 0.3) is 0 Å². The molecule has 5 nitrogen and oxygen atoms in total. The Morgan fingerprint density at radius 3 is 2.71 bits per heavy atom. The molecule has 1 aliphatic rings. The van der Waals surface area contributed by atoms with Gasteiger partial charge in [0, 0.05) is 26.1 Å². The van der Waals surface area contributed by atoms with Gasteiger partial charge in [-0.05, 0) is 6.92 Å². The van der Waals surface area contributed by atoms with E-state index in [0.717, 1.165) is 0 Å². The van der Waals surface area contributed by atoms with Gasteiger partial charge < -0.3 is 15.3 Å². The zero-order valence-electron chi connectivity index (χ0n) is 8.49. The number of rotatable bonds is 2. The van der Waals surface area contributed by atoms with E-state index in [-0.39, 0.29) is 24.4 Å². The molecule has 2 atom stereocenters. The molecule has 0 aromatic heterocycles. The van der Waals surface area contributed by atoms with E-state index in [1.165, 1.54) is 6.92 Å². The highest BCUT2D eigenvalue weighted by Gasteiger charge is 2.28. The van der Waals surface area contributed by atoms with Crippen LogP contribution in [0.4, 0.5) is 0 Å². The van der Waals surface area contributed by atoms with Crippen LogP contribution in [0.1, 0.15) is 20.3 Å². The number of carbonyl (C=O) groups excluding carboxylic acids is 1. The molecule has 1 rings (SSSR count). The highest BCUT2D eigenvalue weighted by molar-refractivity contribution is 5.75. The van der Waals surface area contributed by atoms with Crippen LogP contribution in [0.25, 0.3) is 0 Å². The predicted molar refractivity (Wildman–Crippen MR) is 50.9 cm³/mol. The van der Waals surface area contributed by atoms with Gasteiger partial charge in [-0.2, -0.15) is 0 Å². The summed E-state index contributed by atoms with van der Waals surface area (Å²) in [6, 6.07) is 0.0325. The van der Waals surface area contributed by atoms with Crippen molar-refractivity contribution in [2.24, 2.45) is 0 Å². The van der Waals surface area contributed by atoms with Crippen LogP contribution in [0.15, 0.2) is 0 Å². The van der Waals surface area contributed by atoms with Gasteiger partial charge in [0.05, 0.1) is 12.5 Å². The molecule has 0 bridgehead atoms. The summed E-state index contributed by atoms with van der Waals surface area (Å²) in [4.78, 5) is 23.4. The second-order valence-electron chi connectivity index (χ2n) is 3.73. The van der Waals surface area contributed by atoms with Crippen molar-refractivity contribution in [2.75, 3.05) is 13.1 Å². The fourth-order valence-corrected chi connectivity index (χ4v) is 1.73. The number of piperazine rings is 1. The van der Waals surface area contributed by atoms with Gasteiger partial charge in [-0.15, -0.1) is 0 Å². The third kappa shape index (κ3) is 2.70. The maximum absolute atomic E-state index is 11.2. The second kappa shape index (κ2) is 4.41.